The maximum absolute atomic E-state index is 13.3. The predicted molar refractivity (Wildman–Crippen MR) is 150 cm³/mol. The van der Waals surface area contributed by atoms with Crippen molar-refractivity contribution in [3.05, 3.63) is 60.7 Å². The largest absolute Gasteiger partial charge is 0.463 e. The van der Waals surface area contributed by atoms with Gasteiger partial charge < -0.3 is 20.7 Å². The van der Waals surface area contributed by atoms with Crippen molar-refractivity contribution < 1.29 is 27.6 Å². The third kappa shape index (κ3) is 6.69. The van der Waals surface area contributed by atoms with Crippen molar-refractivity contribution in [1.82, 2.24) is 0 Å². The van der Waals surface area contributed by atoms with Gasteiger partial charge in [-0.1, -0.05) is 32.0 Å². The van der Waals surface area contributed by atoms with Crippen molar-refractivity contribution in [1.29, 1.82) is 0 Å². The average molecular weight is 542 g/mol. The molecule has 1 atom stereocenters. The Kier molecular flexibility index (Phi) is 8.81. The van der Waals surface area contributed by atoms with Crippen molar-refractivity contribution in [2.45, 2.75) is 38.6 Å². The summed E-state index contributed by atoms with van der Waals surface area (Å²) in [5, 5.41) is 4.29. The molecule has 0 aliphatic carbocycles. The van der Waals surface area contributed by atoms with Crippen LogP contribution in [0.3, 0.4) is 0 Å². The molecule has 10 heteroatoms. The van der Waals surface area contributed by atoms with Crippen molar-refractivity contribution in [3.63, 3.8) is 0 Å². The monoisotopic (exact) mass is 541 g/mol. The summed E-state index contributed by atoms with van der Waals surface area (Å²) in [5.74, 6) is -0.985. The van der Waals surface area contributed by atoms with E-state index in [2.05, 4.69) is 10.0 Å². The molecule has 0 spiro atoms. The molecule has 0 radical (unpaired) electrons. The van der Waals surface area contributed by atoms with Crippen LogP contribution in [0.5, 0.6) is 0 Å². The number of esters is 1. The van der Waals surface area contributed by atoms with Gasteiger partial charge in [0.15, 0.2) is 0 Å². The van der Waals surface area contributed by atoms with Crippen LogP contribution in [0.4, 0.5) is 17.1 Å². The number of nitrogens with two attached hydrogens (primary N) is 1. The first-order valence-electron chi connectivity index (χ1n) is 12.4. The Morgan fingerprint density at radius 3 is 2.13 bits per heavy atom. The number of amides is 1. The number of rotatable bonds is 10. The van der Waals surface area contributed by atoms with Crippen LogP contribution in [0.2, 0.25) is 0 Å². The van der Waals surface area contributed by atoms with E-state index in [9.17, 15) is 18.0 Å². The number of nitrogens with one attached hydrogen (secondary N) is 3. The standard InChI is InChI=1S/C28H36N4O5S/c1-18(2)25(29)26(33)37-17-28(3,4)27(34)30-19-13-15-20(16-14-19)31-38(35,36)24-12-8-9-21-22(24)10-7-11-23(21)32(5)6/h7-16,18,25,31H,17,29H2,1-6H3,(H,30,34)/p+1. The van der Waals surface area contributed by atoms with Crippen LogP contribution in [-0.2, 0) is 24.3 Å². The van der Waals surface area contributed by atoms with Crippen LogP contribution in [0.25, 0.3) is 10.8 Å². The van der Waals surface area contributed by atoms with Crippen molar-refractivity contribution in [2.75, 3.05) is 30.7 Å². The average Bonchev–Trinajstić information content (AvgIpc) is 2.86. The summed E-state index contributed by atoms with van der Waals surface area (Å²) < 4.78 is 34.4. The number of ether oxygens (including phenoxy) is 1. The summed E-state index contributed by atoms with van der Waals surface area (Å²) >= 11 is 0. The summed E-state index contributed by atoms with van der Waals surface area (Å²) in [5.41, 5.74) is 6.62. The molecule has 0 heterocycles. The number of benzene rings is 3. The van der Waals surface area contributed by atoms with E-state index >= 15 is 0 Å². The minimum absolute atomic E-state index is 0.0764. The van der Waals surface area contributed by atoms with E-state index in [0.717, 1.165) is 16.0 Å². The van der Waals surface area contributed by atoms with Gasteiger partial charge in [0, 0.05) is 22.1 Å². The van der Waals surface area contributed by atoms with E-state index in [4.69, 9.17) is 10.5 Å². The molecule has 0 aromatic heterocycles. The predicted octanol–water partition coefficient (Wildman–Crippen LogP) is 2.91. The highest BCUT2D eigenvalue weighted by Crippen LogP contribution is 2.29. The smallest absolute Gasteiger partial charge is 0.323 e. The second kappa shape index (κ2) is 11.5. The van der Waals surface area contributed by atoms with Crippen LogP contribution >= 0.6 is 0 Å². The first-order valence-corrected chi connectivity index (χ1v) is 13.9. The van der Waals surface area contributed by atoms with E-state index in [1.807, 2.05) is 46.1 Å². The lowest BCUT2D eigenvalue weighted by molar-refractivity contribution is -0.785. The van der Waals surface area contributed by atoms with Gasteiger partial charge in [-0.3, -0.25) is 14.3 Å². The quantitative estimate of drug-likeness (QED) is 0.292. The molecule has 0 aliphatic heterocycles. The van der Waals surface area contributed by atoms with Gasteiger partial charge in [0.25, 0.3) is 10.0 Å². The van der Waals surface area contributed by atoms with Crippen LogP contribution in [0, 0.1) is 11.3 Å². The van der Waals surface area contributed by atoms with Gasteiger partial charge >= 0.3 is 5.97 Å². The SMILES string of the molecule is CC(C)C(N)C(=O)OCC(C)(C)C(=O)Nc1ccc(NS(=O)(=O)c2cccc3c([NH+](C)C)cccc23)cc1. The van der Waals surface area contributed by atoms with Crippen LogP contribution in [-0.4, -0.2) is 47.0 Å². The lowest BCUT2D eigenvalue weighted by Gasteiger charge is -2.24. The van der Waals surface area contributed by atoms with E-state index in [1.165, 1.54) is 0 Å². The van der Waals surface area contributed by atoms with Crippen LogP contribution in [0.1, 0.15) is 27.7 Å². The van der Waals surface area contributed by atoms with E-state index < -0.39 is 27.4 Å². The zero-order valence-electron chi connectivity index (χ0n) is 22.7. The molecule has 3 aromatic carbocycles. The zero-order valence-corrected chi connectivity index (χ0v) is 23.5. The Morgan fingerprint density at radius 1 is 0.947 bits per heavy atom. The number of carbonyl (C=O) groups is 2. The lowest BCUT2D eigenvalue weighted by Crippen LogP contribution is -3.00. The van der Waals surface area contributed by atoms with Gasteiger partial charge in [-0.05, 0) is 62.2 Å². The molecule has 204 valence electrons. The second-order valence-corrected chi connectivity index (χ2v) is 12.2. The maximum atomic E-state index is 13.3. The molecule has 1 unspecified atom stereocenters. The number of hydrogen-bond donors (Lipinski definition) is 4. The molecule has 3 rings (SSSR count). The number of hydrogen-bond acceptors (Lipinski definition) is 6. The first-order chi connectivity index (χ1) is 17.7. The molecular weight excluding hydrogens is 504 g/mol. The molecule has 0 saturated heterocycles. The molecule has 5 N–H and O–H groups in total. The number of sulfonamides is 1. The van der Waals surface area contributed by atoms with E-state index in [0.29, 0.717) is 16.8 Å². The Hall–Kier alpha value is -3.47. The lowest BCUT2D eigenvalue weighted by atomic mass is 9.93. The second-order valence-electron chi connectivity index (χ2n) is 10.6. The van der Waals surface area contributed by atoms with E-state index in [-0.39, 0.29) is 23.3 Å². The van der Waals surface area contributed by atoms with Crippen molar-refractivity contribution >= 4 is 49.7 Å². The Morgan fingerprint density at radius 2 is 1.53 bits per heavy atom. The molecule has 9 nitrogen and oxygen atoms in total. The van der Waals surface area contributed by atoms with Crippen molar-refractivity contribution in [3.8, 4) is 0 Å². The highest BCUT2D eigenvalue weighted by atomic mass is 32.2. The molecule has 1 amide bonds. The Labute approximate surface area is 224 Å². The summed E-state index contributed by atoms with van der Waals surface area (Å²) in [6, 6.07) is 16.4. The Balaban J connectivity index is 1.71. The summed E-state index contributed by atoms with van der Waals surface area (Å²) in [4.78, 5) is 26.1. The fraction of sp³-hybridized carbons (Fsp3) is 0.357. The van der Waals surface area contributed by atoms with E-state index in [1.54, 1.807) is 56.3 Å². The highest BCUT2D eigenvalue weighted by Gasteiger charge is 2.31. The normalized spacial score (nSPS) is 13.0. The summed E-state index contributed by atoms with van der Waals surface area (Å²) in [6.07, 6.45) is 0. The molecule has 0 aliphatic rings. The van der Waals surface area contributed by atoms with Crippen LogP contribution in [0.15, 0.2) is 65.6 Å². The molecule has 0 saturated carbocycles. The zero-order chi connectivity index (χ0) is 28.3. The number of quaternary nitrogens is 1. The first kappa shape index (κ1) is 29.1. The van der Waals surface area contributed by atoms with Gasteiger partial charge in [0.05, 0.1) is 24.4 Å². The molecule has 0 bridgehead atoms. The number of carbonyl (C=O) groups excluding carboxylic acids is 2. The van der Waals surface area contributed by atoms with Gasteiger partial charge in [-0.25, -0.2) is 8.42 Å². The number of anilines is 2. The molecule has 3 aromatic rings. The fourth-order valence-electron chi connectivity index (χ4n) is 3.77. The maximum Gasteiger partial charge on any atom is 0.323 e. The topological polar surface area (TPSA) is 132 Å². The van der Waals surface area contributed by atoms with Gasteiger partial charge in [0.1, 0.15) is 18.3 Å². The van der Waals surface area contributed by atoms with Gasteiger partial charge in [0.2, 0.25) is 5.91 Å². The minimum Gasteiger partial charge on any atom is -0.463 e. The highest BCUT2D eigenvalue weighted by molar-refractivity contribution is 7.93. The summed E-state index contributed by atoms with van der Waals surface area (Å²) in [7, 11) is 0.106. The van der Waals surface area contributed by atoms with Crippen molar-refractivity contribution in [2.24, 2.45) is 17.1 Å². The summed E-state index contributed by atoms with van der Waals surface area (Å²) in [6.45, 7) is 6.82. The van der Waals surface area contributed by atoms with Gasteiger partial charge in [-0.2, -0.15) is 0 Å². The molecular formula is C28H37N4O5S+. The molecule has 0 fully saturated rings. The number of fused-ring (bicyclic) bond motifs is 1. The van der Waals surface area contributed by atoms with Gasteiger partial charge in [-0.15, -0.1) is 0 Å². The van der Waals surface area contributed by atoms with Crippen LogP contribution < -0.4 is 20.7 Å². The fourth-order valence-corrected chi connectivity index (χ4v) is 5.05. The Bertz CT molecular complexity index is 1420. The third-order valence-electron chi connectivity index (χ3n) is 6.29. The molecule has 38 heavy (non-hydrogen) atoms. The minimum atomic E-state index is -3.88. The third-order valence-corrected chi connectivity index (χ3v) is 7.73.